The number of unbranched alkanes of at least 4 members (excludes halogenated alkanes) is 3. The van der Waals surface area contributed by atoms with Gasteiger partial charge in [-0.15, -0.1) is 0 Å². The Morgan fingerprint density at radius 2 is 0.521 bits per heavy atom. The van der Waals surface area contributed by atoms with E-state index in [0.717, 1.165) is 62.3 Å². The van der Waals surface area contributed by atoms with E-state index < -0.39 is 212 Å². The number of nitrogens with one attached hydrogen (secondary N) is 10. The second-order valence-corrected chi connectivity index (χ2v) is 33.2. The number of rotatable bonds is 76. The summed E-state index contributed by atoms with van der Waals surface area (Å²) in [6.45, 7) is 13.2. The third-order valence-electron chi connectivity index (χ3n) is 20.4. The monoisotopic (exact) mass is 2070 g/mol. The average Bonchev–Trinajstić information content (AvgIpc) is 0.791. The molecule has 54 heteroatoms. The van der Waals surface area contributed by atoms with Gasteiger partial charge in [0, 0.05) is 199 Å². The van der Waals surface area contributed by atoms with Crippen LogP contribution in [0.1, 0.15) is 186 Å². The molecule has 0 bridgehead atoms. The Morgan fingerprint density at radius 1 is 0.278 bits per heavy atom. The summed E-state index contributed by atoms with van der Waals surface area (Å²) in [7, 11) is 0. The van der Waals surface area contributed by atoms with Crippen LogP contribution in [0.5, 0.6) is 0 Å². The first-order chi connectivity index (χ1) is 68.7. The van der Waals surface area contributed by atoms with Crippen LogP contribution in [-0.4, -0.2) is 388 Å². The van der Waals surface area contributed by atoms with Crippen molar-refractivity contribution in [2.45, 2.75) is 283 Å². The minimum atomic E-state index is -1.57. The van der Waals surface area contributed by atoms with Gasteiger partial charge in [0.1, 0.15) is 61.8 Å². The van der Waals surface area contributed by atoms with Crippen molar-refractivity contribution in [3.05, 3.63) is 10.4 Å². The molecule has 0 aromatic carbocycles. The molecule has 3 heterocycles. The van der Waals surface area contributed by atoms with Crippen LogP contribution in [0.4, 0.5) is 0 Å². The third-order valence-corrected chi connectivity index (χ3v) is 20.4. The quantitative estimate of drug-likeness (QED) is 0.00804. The molecular formula is C90H147N13O41. The van der Waals surface area contributed by atoms with Crippen molar-refractivity contribution in [2.24, 2.45) is 5.11 Å². The van der Waals surface area contributed by atoms with E-state index in [1.165, 1.54) is 20.8 Å². The first-order valence-electron chi connectivity index (χ1n) is 47.7. The number of hydrogen-bond donors (Lipinski definition) is 10. The van der Waals surface area contributed by atoms with E-state index >= 15 is 0 Å². The minimum Gasteiger partial charge on any atom is -0.463 e. The van der Waals surface area contributed by atoms with E-state index in [9.17, 15) is 91.1 Å². The van der Waals surface area contributed by atoms with Crippen molar-refractivity contribution in [3.8, 4) is 0 Å². The molecular weight excluding hydrogens is 1920 g/mol. The SMILES string of the molecule is CC(=O)NC1C(OC(C)=O)[C@@H](OC(C)=O)C(COC(C)=O)O[C@H]1OCCCCC(=O)NCCCNC(=O)CCOCC(COCCC(=O)NCCCNC(=O)CCCCO[C@@H]1OC(COC(C)=O)[C@H](OC(C)=O)C(OC(C)=O)C1NC(C)=O)(COCCC(=O)NCCCNC(=O)CCCCO[C@@H]1OC(COC(C)=O)[C@H](OC(C)=O)C(OC(C)=O)C1NC(C)=O)NC(=O)CCOCCOCCOCCOCCN=[N+]=[N-]. The van der Waals surface area contributed by atoms with Gasteiger partial charge in [0.25, 0.3) is 0 Å². The van der Waals surface area contributed by atoms with Crippen molar-refractivity contribution in [1.29, 1.82) is 0 Å². The lowest BCUT2D eigenvalue weighted by molar-refractivity contribution is -0.277. The molecule has 0 saturated carbocycles. The van der Waals surface area contributed by atoms with Gasteiger partial charge < -0.3 is 157 Å². The molecule has 3 aliphatic heterocycles. The lowest BCUT2D eigenvalue weighted by atomic mass is 9.96. The van der Waals surface area contributed by atoms with Gasteiger partial charge in [-0.05, 0) is 63.3 Å². The smallest absolute Gasteiger partial charge is 0.303 e. The average molecular weight is 2070 g/mol. The second kappa shape index (κ2) is 74.6. The molecule has 10 N–H and O–H groups in total. The highest BCUT2D eigenvalue weighted by Gasteiger charge is 2.55. The molecule has 3 fully saturated rings. The van der Waals surface area contributed by atoms with Gasteiger partial charge in [0.2, 0.25) is 59.1 Å². The molecule has 144 heavy (non-hydrogen) atoms. The summed E-state index contributed by atoms with van der Waals surface area (Å²) >= 11 is 0. The van der Waals surface area contributed by atoms with Crippen LogP contribution < -0.4 is 53.2 Å². The molecule has 3 aliphatic rings. The first kappa shape index (κ1) is 127. The molecule has 0 aliphatic carbocycles. The van der Waals surface area contributed by atoms with Crippen molar-refractivity contribution < 1.29 is 195 Å². The van der Waals surface area contributed by atoms with Gasteiger partial charge in [-0.3, -0.25) is 91.1 Å². The summed E-state index contributed by atoms with van der Waals surface area (Å²) in [5.74, 6) is -11.3. The molecule has 10 amide bonds. The van der Waals surface area contributed by atoms with E-state index in [1.807, 2.05) is 0 Å². The van der Waals surface area contributed by atoms with Crippen molar-refractivity contribution in [3.63, 3.8) is 0 Å². The number of azide groups is 1. The van der Waals surface area contributed by atoms with Crippen molar-refractivity contribution in [1.82, 2.24) is 53.2 Å². The van der Waals surface area contributed by atoms with Crippen LogP contribution >= 0.6 is 0 Å². The fraction of sp³-hybridized carbons (Fsp3) is 0.789. The maximum Gasteiger partial charge on any atom is 0.303 e. The standard InChI is InChI=1S/C90H147N13O41/c1-56(104)99-78-84(139-65(10)113)81(136-62(7)110)68(50-133-59(4)107)142-87(78)130-36-16-13-22-71(116)92-29-19-32-95-74(119)25-40-127-53-90(102-77(122)28-39-123-44-46-125-48-49-126-47-45-124-43-35-98-103-91,54-128-41-26-75(120)96-33-20-30-93-72(117)23-14-17-37-131-88-79(100-57(2)105)85(140-66(11)114)82(137-63(8)111)69(143-88)51-134-60(5)108)55-129-42-27-76(121)97-34-21-31-94-73(118)24-15-18-38-132-89-80(101-58(3)106)86(141-67(12)115)83(138-64(9)112)70(144-89)52-135-61(6)109/h68-70,78-89H,13-55H2,1-12H3,(H,92,116)(H,93,117)(H,94,118)(H,95,119)(H,96,120)(H,97,121)(H,99,104)(H,100,105)(H,101,106)(H,102,122)/t68?,69?,70?,78?,79?,80?,81-,82-,83-,84?,85?,86?,87+,88+,89+,90?/m0/s1. The van der Waals surface area contributed by atoms with Gasteiger partial charge in [-0.2, -0.15) is 0 Å². The number of ether oxygens (including phenoxy) is 22. The summed E-state index contributed by atoms with van der Waals surface area (Å²) in [6.07, 6.45) is -13.2. The maximum absolute atomic E-state index is 14.0. The van der Waals surface area contributed by atoms with Gasteiger partial charge >= 0.3 is 53.7 Å². The topological polar surface area (TPSA) is 696 Å². The number of carbonyl (C=O) groups excluding carboxylic acids is 19. The Bertz CT molecular complexity index is 3690. The first-order valence-corrected chi connectivity index (χ1v) is 47.7. The van der Waals surface area contributed by atoms with Gasteiger partial charge in [-0.25, -0.2) is 0 Å². The highest BCUT2D eigenvalue weighted by Crippen LogP contribution is 2.32. The summed E-state index contributed by atoms with van der Waals surface area (Å²) < 4.78 is 125. The zero-order valence-electron chi connectivity index (χ0n) is 84.1. The molecule has 0 aromatic rings. The molecule has 3 rings (SSSR count). The van der Waals surface area contributed by atoms with Crippen LogP contribution in [0, 0.1) is 0 Å². The number of nitrogens with zero attached hydrogens (tertiary/aromatic N) is 3. The van der Waals surface area contributed by atoms with Gasteiger partial charge in [0.05, 0.1) is 92.5 Å². The van der Waals surface area contributed by atoms with Crippen LogP contribution in [0.2, 0.25) is 0 Å². The number of carbonyl (C=O) groups is 19. The predicted molar refractivity (Wildman–Crippen MR) is 492 cm³/mol. The Labute approximate surface area is 834 Å². The Kier molecular flexibility index (Phi) is 65.7. The summed E-state index contributed by atoms with van der Waals surface area (Å²) in [5.41, 5.74) is 6.85. The normalized spacial score (nSPS) is 20.9. The summed E-state index contributed by atoms with van der Waals surface area (Å²) in [4.78, 5) is 241. The number of esters is 9. The molecule has 15 atom stereocenters. The fourth-order valence-electron chi connectivity index (χ4n) is 14.2. The molecule has 3 saturated heterocycles. The van der Waals surface area contributed by atoms with E-state index in [0.29, 0.717) is 57.8 Å². The lowest BCUT2D eigenvalue weighted by Gasteiger charge is -2.44. The largest absolute Gasteiger partial charge is 0.463 e. The maximum atomic E-state index is 14.0. The lowest BCUT2D eigenvalue weighted by Crippen LogP contribution is -2.66. The Morgan fingerprint density at radius 3 is 0.778 bits per heavy atom. The second-order valence-electron chi connectivity index (χ2n) is 33.2. The Balaban J connectivity index is 1.69. The van der Waals surface area contributed by atoms with Crippen molar-refractivity contribution in [2.75, 3.05) is 178 Å². The van der Waals surface area contributed by atoms with Crippen LogP contribution in [-0.2, 0) is 195 Å². The van der Waals surface area contributed by atoms with E-state index in [-0.39, 0.29) is 221 Å². The fourth-order valence-corrected chi connectivity index (χ4v) is 14.2. The molecule has 54 nitrogen and oxygen atoms in total. The zero-order chi connectivity index (χ0) is 107. The van der Waals surface area contributed by atoms with Crippen molar-refractivity contribution >= 4 is 113 Å². The highest BCUT2D eigenvalue weighted by atomic mass is 16.7. The zero-order valence-corrected chi connectivity index (χ0v) is 84.1. The molecule has 0 radical (unpaired) electrons. The highest BCUT2D eigenvalue weighted by molar-refractivity contribution is 5.80. The van der Waals surface area contributed by atoms with Crippen LogP contribution in [0.25, 0.3) is 10.4 Å². The predicted octanol–water partition coefficient (Wildman–Crippen LogP) is -1.78. The Hall–Kier alpha value is -11.3. The minimum absolute atomic E-state index is 0.0252. The third kappa shape index (κ3) is 58.6. The van der Waals surface area contributed by atoms with E-state index in [1.54, 1.807) is 0 Å². The summed E-state index contributed by atoms with van der Waals surface area (Å²) in [5, 5.41) is 30.8. The molecule has 818 valence electrons. The van der Waals surface area contributed by atoms with Gasteiger partial charge in [-0.1, -0.05) is 5.11 Å². The van der Waals surface area contributed by atoms with Crippen LogP contribution in [0.3, 0.4) is 0 Å². The van der Waals surface area contributed by atoms with Gasteiger partial charge in [0.15, 0.2) is 55.5 Å². The number of hydrogen-bond acceptors (Lipinski definition) is 42. The van der Waals surface area contributed by atoms with E-state index in [2.05, 4.69) is 63.2 Å². The molecule has 0 aromatic heterocycles. The molecule has 0 spiro atoms. The summed E-state index contributed by atoms with van der Waals surface area (Å²) in [6, 6.07) is -3.55. The van der Waals surface area contributed by atoms with E-state index in [4.69, 9.17) is 110 Å². The van der Waals surface area contributed by atoms with Crippen LogP contribution in [0.15, 0.2) is 5.11 Å². The number of amides is 10. The molecule has 9 unspecified atom stereocenters.